The SMILES string of the molecule is C[C@H]1[C@@H](c2ccccc2)N=C(C2C=CC=C2)N1C. The molecule has 0 amide bonds. The molecule has 1 heterocycles. The van der Waals surface area contributed by atoms with Gasteiger partial charge in [0.1, 0.15) is 5.84 Å². The Hall–Kier alpha value is -1.83. The highest BCUT2D eigenvalue weighted by Crippen LogP contribution is 2.33. The first kappa shape index (κ1) is 11.3. The molecule has 0 fully saturated rings. The first-order chi connectivity index (χ1) is 8.77. The molecule has 3 rings (SSSR count). The summed E-state index contributed by atoms with van der Waals surface area (Å²) in [7, 11) is 2.15. The summed E-state index contributed by atoms with van der Waals surface area (Å²) in [6.07, 6.45) is 8.61. The van der Waals surface area contributed by atoms with E-state index in [-0.39, 0.29) is 6.04 Å². The molecule has 0 radical (unpaired) electrons. The highest BCUT2D eigenvalue weighted by atomic mass is 15.3. The molecule has 0 bridgehead atoms. The van der Waals surface area contributed by atoms with E-state index in [1.807, 2.05) is 0 Å². The van der Waals surface area contributed by atoms with Crippen LogP contribution in [0.3, 0.4) is 0 Å². The molecule has 1 aliphatic carbocycles. The van der Waals surface area contributed by atoms with Crippen LogP contribution in [0.2, 0.25) is 0 Å². The van der Waals surface area contributed by atoms with Crippen LogP contribution in [-0.2, 0) is 0 Å². The molecular formula is C16H18N2. The fraction of sp³-hybridized carbons (Fsp3) is 0.312. The Morgan fingerprint density at radius 3 is 2.39 bits per heavy atom. The van der Waals surface area contributed by atoms with Gasteiger partial charge in [0, 0.05) is 7.05 Å². The summed E-state index contributed by atoms with van der Waals surface area (Å²) in [5.41, 5.74) is 1.30. The number of nitrogens with zero attached hydrogens (tertiary/aromatic N) is 2. The Balaban J connectivity index is 1.93. The van der Waals surface area contributed by atoms with E-state index in [0.29, 0.717) is 12.0 Å². The first-order valence-corrected chi connectivity index (χ1v) is 6.48. The third-order valence-corrected chi connectivity index (χ3v) is 3.89. The van der Waals surface area contributed by atoms with Crippen LogP contribution in [0.15, 0.2) is 59.6 Å². The lowest BCUT2D eigenvalue weighted by molar-refractivity contribution is 0.375. The van der Waals surface area contributed by atoms with Crippen molar-refractivity contribution in [2.75, 3.05) is 7.05 Å². The van der Waals surface area contributed by atoms with E-state index in [4.69, 9.17) is 4.99 Å². The zero-order valence-corrected chi connectivity index (χ0v) is 10.8. The summed E-state index contributed by atoms with van der Waals surface area (Å²) in [4.78, 5) is 7.25. The summed E-state index contributed by atoms with van der Waals surface area (Å²) >= 11 is 0. The van der Waals surface area contributed by atoms with Gasteiger partial charge in [-0.05, 0) is 12.5 Å². The van der Waals surface area contributed by atoms with Crippen LogP contribution in [0.5, 0.6) is 0 Å². The molecule has 0 unspecified atom stereocenters. The molecule has 0 saturated heterocycles. The largest absolute Gasteiger partial charge is 0.357 e. The molecule has 2 heteroatoms. The second-order valence-electron chi connectivity index (χ2n) is 4.99. The van der Waals surface area contributed by atoms with Crippen LogP contribution in [0.25, 0.3) is 0 Å². The Morgan fingerprint density at radius 2 is 1.72 bits per heavy atom. The van der Waals surface area contributed by atoms with E-state index in [2.05, 4.69) is 73.5 Å². The maximum absolute atomic E-state index is 4.94. The normalized spacial score (nSPS) is 27.0. The topological polar surface area (TPSA) is 15.6 Å². The number of benzene rings is 1. The Kier molecular flexibility index (Phi) is 2.78. The summed E-state index contributed by atoms with van der Waals surface area (Å²) < 4.78 is 0. The third kappa shape index (κ3) is 1.78. The summed E-state index contributed by atoms with van der Waals surface area (Å²) in [6.45, 7) is 2.25. The smallest absolute Gasteiger partial charge is 0.111 e. The number of allylic oxidation sites excluding steroid dienone is 2. The number of aliphatic imine (C=N–C) groups is 1. The molecule has 1 aromatic carbocycles. The van der Waals surface area contributed by atoms with Crippen molar-refractivity contribution >= 4 is 5.84 Å². The fourth-order valence-corrected chi connectivity index (χ4v) is 2.69. The van der Waals surface area contributed by atoms with Crippen LogP contribution >= 0.6 is 0 Å². The lowest BCUT2D eigenvalue weighted by Crippen LogP contribution is -2.34. The number of rotatable bonds is 2. The first-order valence-electron chi connectivity index (χ1n) is 6.48. The van der Waals surface area contributed by atoms with Crippen molar-refractivity contribution in [2.24, 2.45) is 10.9 Å². The van der Waals surface area contributed by atoms with Crippen LogP contribution in [0.4, 0.5) is 0 Å². The Morgan fingerprint density at radius 1 is 1.06 bits per heavy atom. The highest BCUT2D eigenvalue weighted by molar-refractivity contribution is 5.90. The minimum absolute atomic E-state index is 0.258. The van der Waals surface area contributed by atoms with Gasteiger partial charge in [-0.25, -0.2) is 0 Å². The maximum Gasteiger partial charge on any atom is 0.111 e. The molecule has 1 aromatic rings. The molecule has 92 valence electrons. The van der Waals surface area contributed by atoms with Crippen molar-refractivity contribution in [3.8, 4) is 0 Å². The molecule has 1 aliphatic heterocycles. The van der Waals surface area contributed by atoms with E-state index in [1.54, 1.807) is 0 Å². The van der Waals surface area contributed by atoms with Gasteiger partial charge >= 0.3 is 0 Å². The van der Waals surface area contributed by atoms with Crippen molar-refractivity contribution in [3.63, 3.8) is 0 Å². The molecule has 2 atom stereocenters. The fourth-order valence-electron chi connectivity index (χ4n) is 2.69. The molecule has 0 N–H and O–H groups in total. The van der Waals surface area contributed by atoms with Crippen molar-refractivity contribution in [1.82, 2.24) is 4.90 Å². The predicted molar refractivity (Wildman–Crippen MR) is 75.6 cm³/mol. The van der Waals surface area contributed by atoms with Gasteiger partial charge in [0.15, 0.2) is 0 Å². The molecule has 2 aliphatic rings. The average molecular weight is 238 g/mol. The van der Waals surface area contributed by atoms with E-state index >= 15 is 0 Å². The van der Waals surface area contributed by atoms with Crippen LogP contribution in [-0.4, -0.2) is 23.8 Å². The Bertz CT molecular complexity index is 501. The molecule has 0 aromatic heterocycles. The summed E-state index contributed by atoms with van der Waals surface area (Å²) in [5.74, 6) is 1.53. The van der Waals surface area contributed by atoms with Gasteiger partial charge in [0.25, 0.3) is 0 Å². The second-order valence-corrected chi connectivity index (χ2v) is 4.99. The van der Waals surface area contributed by atoms with Crippen LogP contribution in [0, 0.1) is 5.92 Å². The van der Waals surface area contributed by atoms with Gasteiger partial charge in [0.2, 0.25) is 0 Å². The lowest BCUT2D eigenvalue weighted by atomic mass is 10.0. The minimum atomic E-state index is 0.258. The zero-order valence-electron chi connectivity index (χ0n) is 10.8. The van der Waals surface area contributed by atoms with E-state index in [1.165, 1.54) is 11.4 Å². The third-order valence-electron chi connectivity index (χ3n) is 3.89. The van der Waals surface area contributed by atoms with Gasteiger partial charge in [-0.15, -0.1) is 0 Å². The highest BCUT2D eigenvalue weighted by Gasteiger charge is 2.33. The average Bonchev–Trinajstić information content (AvgIpc) is 3.01. The van der Waals surface area contributed by atoms with Gasteiger partial charge < -0.3 is 4.90 Å². The van der Waals surface area contributed by atoms with Crippen molar-refractivity contribution < 1.29 is 0 Å². The van der Waals surface area contributed by atoms with Gasteiger partial charge in [-0.1, -0.05) is 54.6 Å². The second kappa shape index (κ2) is 4.45. The summed E-state index contributed by atoms with van der Waals surface area (Å²) in [5, 5.41) is 0. The predicted octanol–water partition coefficient (Wildman–Crippen LogP) is 3.20. The van der Waals surface area contributed by atoms with Crippen LogP contribution in [0.1, 0.15) is 18.5 Å². The Labute approximate surface area is 108 Å². The van der Waals surface area contributed by atoms with Gasteiger partial charge in [-0.2, -0.15) is 0 Å². The maximum atomic E-state index is 4.94. The van der Waals surface area contributed by atoms with Crippen molar-refractivity contribution in [1.29, 1.82) is 0 Å². The molecule has 2 nitrogen and oxygen atoms in total. The van der Waals surface area contributed by atoms with E-state index in [9.17, 15) is 0 Å². The monoisotopic (exact) mass is 238 g/mol. The molecular weight excluding hydrogens is 220 g/mol. The summed E-state index contributed by atoms with van der Waals surface area (Å²) in [6, 6.07) is 11.2. The molecule has 18 heavy (non-hydrogen) atoms. The van der Waals surface area contributed by atoms with Crippen molar-refractivity contribution in [3.05, 3.63) is 60.2 Å². The number of amidine groups is 1. The minimum Gasteiger partial charge on any atom is -0.357 e. The number of likely N-dealkylation sites (N-methyl/N-ethyl adjacent to an activating group) is 1. The van der Waals surface area contributed by atoms with Crippen LogP contribution < -0.4 is 0 Å². The van der Waals surface area contributed by atoms with E-state index in [0.717, 1.165) is 0 Å². The number of hydrogen-bond acceptors (Lipinski definition) is 2. The lowest BCUT2D eigenvalue weighted by Gasteiger charge is -2.24. The van der Waals surface area contributed by atoms with Gasteiger partial charge in [0.05, 0.1) is 18.0 Å². The molecule has 0 saturated carbocycles. The van der Waals surface area contributed by atoms with Gasteiger partial charge in [-0.3, -0.25) is 4.99 Å². The standard InChI is InChI=1S/C16H18N2/c1-12-15(13-8-4-3-5-9-13)17-16(18(12)2)14-10-6-7-11-14/h3-12,14-15H,1-2H3/t12-,15-/m0/s1. The zero-order chi connectivity index (χ0) is 12.5. The van der Waals surface area contributed by atoms with E-state index < -0.39 is 0 Å². The quantitative estimate of drug-likeness (QED) is 0.772. The number of hydrogen-bond donors (Lipinski definition) is 0. The van der Waals surface area contributed by atoms with Crippen molar-refractivity contribution in [2.45, 2.75) is 19.0 Å². The molecule has 0 spiro atoms.